The first-order valence-electron chi connectivity index (χ1n) is 24.9. The number of ether oxygens (including phenoxy) is 13. The average Bonchev–Trinajstić information content (AvgIpc) is 3.28. The quantitative estimate of drug-likeness (QED) is 0.0426. The second-order valence-corrected chi connectivity index (χ2v) is 15.3. The number of carbonyl (C=O) groups is 1. The number of esters is 1. The zero-order valence-electron chi connectivity index (χ0n) is 40.0. The summed E-state index contributed by atoms with van der Waals surface area (Å²) in [5.74, 6) is -0.143. The molecule has 0 radical (unpaired) electrons. The minimum Gasteiger partial charge on any atom is -0.463 e. The van der Waals surface area contributed by atoms with Crippen molar-refractivity contribution in [1.82, 2.24) is 0 Å². The van der Waals surface area contributed by atoms with Crippen molar-refractivity contribution in [2.24, 2.45) is 0 Å². The highest BCUT2D eigenvalue weighted by molar-refractivity contribution is 5.69. The molecule has 372 valence electrons. The zero-order valence-corrected chi connectivity index (χ0v) is 40.0. The van der Waals surface area contributed by atoms with E-state index in [-0.39, 0.29) is 12.6 Å². The summed E-state index contributed by atoms with van der Waals surface area (Å²) in [7, 11) is 0. The number of unbranched alkanes of at least 4 members (excludes halogenated alkanes) is 17. The second kappa shape index (κ2) is 58.0. The maximum Gasteiger partial charge on any atom is 0.305 e. The Hall–Kier alpha value is -1.01. The van der Waals surface area contributed by atoms with Crippen molar-refractivity contribution in [3.63, 3.8) is 0 Å². The van der Waals surface area contributed by atoms with Gasteiger partial charge in [0.05, 0.1) is 152 Å². The normalized spacial score (nSPS) is 11.6. The molecule has 0 aliphatic carbocycles. The molecule has 0 saturated heterocycles. The minimum atomic E-state index is -0.143. The second-order valence-electron chi connectivity index (χ2n) is 15.3. The Morgan fingerprint density at radius 1 is 0.226 bits per heavy atom. The Balaban J connectivity index is 3.09. The Morgan fingerprint density at radius 3 is 0.677 bits per heavy atom. The van der Waals surface area contributed by atoms with Crippen LogP contribution in [0, 0.1) is 0 Å². The standard InChI is InChI=1S/C48H96O14/c1-3-5-7-9-11-12-13-14-15-16-17-19-21-23-50-24-25-51-26-27-52-28-29-53-30-31-54-32-33-55-34-35-56-36-37-57-38-39-58-40-41-59-42-43-60-44-45-61-46-47-62-48(49)22-20-18-10-8-6-4-2/h3-47H2,1-2H3. The highest BCUT2D eigenvalue weighted by Crippen LogP contribution is 2.12. The Kier molecular flexibility index (Phi) is 57.1. The van der Waals surface area contributed by atoms with Crippen LogP contribution >= 0.6 is 0 Å². The van der Waals surface area contributed by atoms with Crippen molar-refractivity contribution in [2.75, 3.05) is 165 Å². The number of hydrogen-bond acceptors (Lipinski definition) is 14. The van der Waals surface area contributed by atoms with E-state index >= 15 is 0 Å². The van der Waals surface area contributed by atoms with Crippen LogP contribution < -0.4 is 0 Å². The molecule has 0 unspecified atom stereocenters. The lowest BCUT2D eigenvalue weighted by Crippen LogP contribution is -2.15. The van der Waals surface area contributed by atoms with Crippen LogP contribution in [0.4, 0.5) is 0 Å². The number of hydrogen-bond donors (Lipinski definition) is 0. The van der Waals surface area contributed by atoms with Gasteiger partial charge in [0.1, 0.15) is 6.61 Å². The first-order chi connectivity index (χ1) is 30.8. The molecule has 14 heteroatoms. The molecule has 0 atom stereocenters. The van der Waals surface area contributed by atoms with Gasteiger partial charge in [0.2, 0.25) is 0 Å². The Labute approximate surface area is 379 Å². The van der Waals surface area contributed by atoms with E-state index in [0.29, 0.717) is 158 Å². The SMILES string of the molecule is CCCCCCCCCCCCCCCOCCOCCOCCOCCOCCOCCOCCOCCOCCOCCOCCOCCOC(=O)CCCCCCCC. The molecule has 0 aromatic rings. The molecule has 0 aromatic heterocycles. The molecule has 0 aliphatic heterocycles. The van der Waals surface area contributed by atoms with Gasteiger partial charge in [0.25, 0.3) is 0 Å². The molecule has 0 spiro atoms. The summed E-state index contributed by atoms with van der Waals surface area (Å²) in [6.07, 6.45) is 25.2. The van der Waals surface area contributed by atoms with Crippen molar-refractivity contribution in [1.29, 1.82) is 0 Å². The fourth-order valence-corrected chi connectivity index (χ4v) is 6.08. The molecule has 0 bridgehead atoms. The summed E-state index contributed by atoms with van der Waals surface area (Å²) >= 11 is 0. The summed E-state index contributed by atoms with van der Waals surface area (Å²) in [4.78, 5) is 11.7. The molecule has 0 saturated carbocycles. The molecule has 0 aliphatic rings. The third-order valence-electron chi connectivity index (χ3n) is 9.71. The summed E-state index contributed by atoms with van der Waals surface area (Å²) in [6, 6.07) is 0. The van der Waals surface area contributed by atoms with Gasteiger partial charge in [-0.05, 0) is 12.8 Å². The van der Waals surface area contributed by atoms with Crippen molar-refractivity contribution in [3.05, 3.63) is 0 Å². The Morgan fingerprint density at radius 2 is 0.419 bits per heavy atom. The van der Waals surface area contributed by atoms with E-state index in [2.05, 4.69) is 13.8 Å². The van der Waals surface area contributed by atoms with Crippen LogP contribution in [0.3, 0.4) is 0 Å². The van der Waals surface area contributed by atoms with Crippen LogP contribution in [-0.4, -0.2) is 171 Å². The fraction of sp³-hybridized carbons (Fsp3) is 0.979. The van der Waals surface area contributed by atoms with Crippen LogP contribution in [0.1, 0.15) is 142 Å². The van der Waals surface area contributed by atoms with Crippen LogP contribution in [0.15, 0.2) is 0 Å². The summed E-state index contributed by atoms with van der Waals surface area (Å²) < 4.78 is 71.5. The fourth-order valence-electron chi connectivity index (χ4n) is 6.08. The molecular weight excluding hydrogens is 801 g/mol. The van der Waals surface area contributed by atoms with E-state index in [0.717, 1.165) is 25.9 Å². The third-order valence-corrected chi connectivity index (χ3v) is 9.71. The highest BCUT2D eigenvalue weighted by Gasteiger charge is 2.03. The first kappa shape index (κ1) is 61.0. The molecule has 62 heavy (non-hydrogen) atoms. The van der Waals surface area contributed by atoms with Crippen molar-refractivity contribution in [2.45, 2.75) is 142 Å². The summed E-state index contributed by atoms with van der Waals surface area (Å²) in [5, 5.41) is 0. The van der Waals surface area contributed by atoms with Gasteiger partial charge in [-0.25, -0.2) is 0 Å². The van der Waals surface area contributed by atoms with Gasteiger partial charge >= 0.3 is 5.97 Å². The van der Waals surface area contributed by atoms with E-state index in [1.165, 1.54) is 103 Å². The molecule has 0 amide bonds. The average molecular weight is 897 g/mol. The molecule has 0 rings (SSSR count). The monoisotopic (exact) mass is 897 g/mol. The molecular formula is C48H96O14. The topological polar surface area (TPSA) is 137 Å². The van der Waals surface area contributed by atoms with Gasteiger partial charge in [-0.1, -0.05) is 123 Å². The summed E-state index contributed by atoms with van der Waals surface area (Å²) in [5.41, 5.74) is 0. The Bertz CT molecular complexity index is 812. The van der Waals surface area contributed by atoms with Crippen molar-refractivity contribution >= 4 is 5.97 Å². The summed E-state index contributed by atoms with van der Waals surface area (Å²) in [6.45, 7) is 17.4. The predicted molar refractivity (Wildman–Crippen MR) is 244 cm³/mol. The van der Waals surface area contributed by atoms with Gasteiger partial charge < -0.3 is 61.6 Å². The first-order valence-corrected chi connectivity index (χ1v) is 24.9. The third kappa shape index (κ3) is 57.0. The van der Waals surface area contributed by atoms with Crippen molar-refractivity contribution in [3.8, 4) is 0 Å². The van der Waals surface area contributed by atoms with E-state index in [1.54, 1.807) is 0 Å². The molecule has 0 aromatic carbocycles. The van der Waals surface area contributed by atoms with Gasteiger partial charge in [-0.15, -0.1) is 0 Å². The van der Waals surface area contributed by atoms with Gasteiger partial charge in [-0.2, -0.15) is 0 Å². The maximum atomic E-state index is 11.7. The largest absolute Gasteiger partial charge is 0.463 e. The predicted octanol–water partition coefficient (Wildman–Crippen LogP) is 8.57. The molecule has 0 N–H and O–H groups in total. The van der Waals surface area contributed by atoms with Crippen LogP contribution in [-0.2, 0) is 66.4 Å². The van der Waals surface area contributed by atoms with Crippen LogP contribution in [0.25, 0.3) is 0 Å². The van der Waals surface area contributed by atoms with Crippen molar-refractivity contribution < 1.29 is 66.4 Å². The number of carbonyl (C=O) groups excluding carboxylic acids is 1. The van der Waals surface area contributed by atoms with Crippen LogP contribution in [0.2, 0.25) is 0 Å². The minimum absolute atomic E-state index is 0.143. The van der Waals surface area contributed by atoms with E-state index in [9.17, 15) is 4.79 Å². The van der Waals surface area contributed by atoms with Gasteiger partial charge in [0.15, 0.2) is 0 Å². The van der Waals surface area contributed by atoms with E-state index < -0.39 is 0 Å². The smallest absolute Gasteiger partial charge is 0.305 e. The zero-order chi connectivity index (χ0) is 44.6. The lowest BCUT2D eigenvalue weighted by molar-refractivity contribution is -0.145. The van der Waals surface area contributed by atoms with Gasteiger partial charge in [-0.3, -0.25) is 4.79 Å². The lowest BCUT2D eigenvalue weighted by Gasteiger charge is -2.09. The van der Waals surface area contributed by atoms with Gasteiger partial charge in [0, 0.05) is 13.0 Å². The highest BCUT2D eigenvalue weighted by atomic mass is 16.6. The maximum absolute atomic E-state index is 11.7. The molecule has 0 heterocycles. The van der Waals surface area contributed by atoms with Crippen LogP contribution in [0.5, 0.6) is 0 Å². The molecule has 14 nitrogen and oxygen atoms in total. The van der Waals surface area contributed by atoms with E-state index in [4.69, 9.17) is 61.6 Å². The molecule has 0 fully saturated rings. The van der Waals surface area contributed by atoms with E-state index in [1.807, 2.05) is 0 Å². The lowest BCUT2D eigenvalue weighted by atomic mass is 10.0. The number of rotatable bonds is 57.